The molecule has 29 heavy (non-hydrogen) atoms. The molecule has 0 aromatic carbocycles. The van der Waals surface area contributed by atoms with Gasteiger partial charge in [-0.15, -0.1) is 0 Å². The van der Waals surface area contributed by atoms with Crippen LogP contribution < -0.4 is 0 Å². The molecule has 5 unspecified atom stereocenters. The predicted molar refractivity (Wildman–Crippen MR) is 115 cm³/mol. The summed E-state index contributed by atoms with van der Waals surface area (Å²) in [6.07, 6.45) is 10.7. The topological polar surface area (TPSA) is 61.1 Å². The molecule has 0 aromatic heterocycles. The molecule has 1 N–H and O–H groups in total. The summed E-state index contributed by atoms with van der Waals surface area (Å²) in [6, 6.07) is 2.34. The number of nitriles is 1. The average Bonchev–Trinajstić information content (AvgIpc) is 3.05. The standard InChI is InChI=1S/C26H39NO2/c1-5-18-22-15-17(28)10-12-26(22,4)21-11-13-25(3)19(16(2)7-6-14-27)8-9-20(25)23(21)24(18)29/h15-16,18-21,23-24,29H,5-13H2,1-4H3/t16-,18+,19?,20?,21?,23?,24?,25-,26-/m1/s1. The minimum atomic E-state index is -0.312. The zero-order valence-electron chi connectivity index (χ0n) is 18.8. The summed E-state index contributed by atoms with van der Waals surface area (Å²) in [4.78, 5) is 12.2. The van der Waals surface area contributed by atoms with E-state index in [-0.39, 0.29) is 28.6 Å². The van der Waals surface area contributed by atoms with E-state index in [0.29, 0.717) is 42.4 Å². The normalized spacial score (nSPS) is 47.4. The maximum Gasteiger partial charge on any atom is 0.155 e. The number of nitrogens with zero attached hydrogens (tertiary/aromatic N) is 1. The van der Waals surface area contributed by atoms with Crippen LogP contribution in [0.1, 0.15) is 85.5 Å². The number of hydrogen-bond acceptors (Lipinski definition) is 3. The number of aliphatic hydroxyl groups is 1. The molecule has 3 saturated carbocycles. The molecule has 160 valence electrons. The first-order valence-corrected chi connectivity index (χ1v) is 12.1. The third kappa shape index (κ3) is 3.04. The first-order chi connectivity index (χ1) is 13.8. The molecule has 0 aromatic rings. The van der Waals surface area contributed by atoms with Crippen LogP contribution in [0.2, 0.25) is 0 Å². The van der Waals surface area contributed by atoms with Crippen LogP contribution in [0.25, 0.3) is 0 Å². The SMILES string of the molecule is CC[C@H]1C2=CC(=O)CC[C@]2(C)C2CC[C@@]3(C)C(CCC3[C@H](C)CCC#N)C2C1O. The minimum Gasteiger partial charge on any atom is -0.392 e. The van der Waals surface area contributed by atoms with Crippen molar-refractivity contribution in [1.82, 2.24) is 0 Å². The maximum absolute atomic E-state index is 12.2. The number of hydrogen-bond donors (Lipinski definition) is 1. The number of carbonyl (C=O) groups is 1. The molecule has 0 aliphatic heterocycles. The highest BCUT2D eigenvalue weighted by atomic mass is 16.3. The van der Waals surface area contributed by atoms with Crippen LogP contribution in [0.3, 0.4) is 0 Å². The Hall–Kier alpha value is -1.14. The Balaban J connectivity index is 1.68. The van der Waals surface area contributed by atoms with Gasteiger partial charge in [0.15, 0.2) is 5.78 Å². The molecule has 0 bridgehead atoms. The van der Waals surface area contributed by atoms with E-state index in [4.69, 9.17) is 5.26 Å². The summed E-state index contributed by atoms with van der Waals surface area (Å²) < 4.78 is 0. The Labute approximate surface area is 176 Å². The zero-order chi connectivity index (χ0) is 21.0. The molecular weight excluding hydrogens is 358 g/mol. The van der Waals surface area contributed by atoms with Gasteiger partial charge in [-0.1, -0.05) is 33.3 Å². The van der Waals surface area contributed by atoms with Crippen molar-refractivity contribution in [3.05, 3.63) is 11.6 Å². The third-order valence-corrected chi connectivity index (χ3v) is 10.1. The fraction of sp³-hybridized carbons (Fsp3) is 0.846. The molecule has 0 heterocycles. The van der Waals surface area contributed by atoms with Crippen molar-refractivity contribution in [2.45, 2.75) is 91.6 Å². The van der Waals surface area contributed by atoms with Gasteiger partial charge in [0.1, 0.15) is 0 Å². The van der Waals surface area contributed by atoms with Gasteiger partial charge in [0.2, 0.25) is 0 Å². The lowest BCUT2D eigenvalue weighted by molar-refractivity contribution is -0.136. The minimum absolute atomic E-state index is 0.0876. The van der Waals surface area contributed by atoms with Gasteiger partial charge in [-0.25, -0.2) is 0 Å². The van der Waals surface area contributed by atoms with Crippen LogP contribution >= 0.6 is 0 Å². The van der Waals surface area contributed by atoms with Gasteiger partial charge in [0.25, 0.3) is 0 Å². The highest BCUT2D eigenvalue weighted by Gasteiger charge is 2.63. The third-order valence-electron chi connectivity index (χ3n) is 10.1. The van der Waals surface area contributed by atoms with Crippen LogP contribution in [-0.2, 0) is 4.79 Å². The monoisotopic (exact) mass is 397 g/mol. The van der Waals surface area contributed by atoms with Crippen LogP contribution in [-0.4, -0.2) is 17.0 Å². The van der Waals surface area contributed by atoms with E-state index in [9.17, 15) is 9.90 Å². The molecule has 0 saturated heterocycles. The molecule has 0 radical (unpaired) electrons. The number of aliphatic hydroxyl groups excluding tert-OH is 1. The first-order valence-electron chi connectivity index (χ1n) is 12.1. The summed E-state index contributed by atoms with van der Waals surface area (Å²) in [5, 5.41) is 20.7. The van der Waals surface area contributed by atoms with Gasteiger partial charge >= 0.3 is 0 Å². The molecule has 4 rings (SSSR count). The second-order valence-electron chi connectivity index (χ2n) is 11.2. The molecule has 0 spiro atoms. The van der Waals surface area contributed by atoms with E-state index >= 15 is 0 Å². The molecule has 4 aliphatic carbocycles. The largest absolute Gasteiger partial charge is 0.392 e. The van der Waals surface area contributed by atoms with Crippen LogP contribution in [0, 0.1) is 57.7 Å². The van der Waals surface area contributed by atoms with Crippen molar-refractivity contribution < 1.29 is 9.90 Å². The molecule has 0 amide bonds. The Morgan fingerprint density at radius 3 is 2.69 bits per heavy atom. The first kappa shape index (κ1) is 21.1. The van der Waals surface area contributed by atoms with Gasteiger partial charge in [-0.3, -0.25) is 4.79 Å². The fourth-order valence-electron chi connectivity index (χ4n) is 8.66. The summed E-state index contributed by atoms with van der Waals surface area (Å²) in [5.41, 5.74) is 1.65. The summed E-state index contributed by atoms with van der Waals surface area (Å²) in [5.74, 6) is 3.11. The Morgan fingerprint density at radius 2 is 2.00 bits per heavy atom. The van der Waals surface area contributed by atoms with Gasteiger partial charge in [-0.2, -0.15) is 5.26 Å². The average molecular weight is 398 g/mol. The predicted octanol–water partition coefficient (Wildman–Crippen LogP) is 5.68. The van der Waals surface area contributed by atoms with E-state index in [1.807, 2.05) is 6.08 Å². The van der Waals surface area contributed by atoms with Crippen LogP contribution in [0.4, 0.5) is 0 Å². The van der Waals surface area contributed by atoms with E-state index in [0.717, 1.165) is 19.3 Å². The summed E-state index contributed by atoms with van der Waals surface area (Å²) >= 11 is 0. The van der Waals surface area contributed by atoms with E-state index in [1.165, 1.54) is 31.3 Å². The highest BCUT2D eigenvalue weighted by Crippen LogP contribution is 2.68. The van der Waals surface area contributed by atoms with Crippen molar-refractivity contribution in [2.24, 2.45) is 46.3 Å². The van der Waals surface area contributed by atoms with Crippen molar-refractivity contribution in [3.63, 3.8) is 0 Å². The number of carbonyl (C=O) groups excluding carboxylic acids is 1. The Morgan fingerprint density at radius 1 is 1.24 bits per heavy atom. The second kappa shape index (κ2) is 7.52. The van der Waals surface area contributed by atoms with Crippen LogP contribution in [0.5, 0.6) is 0 Å². The lowest BCUT2D eigenvalue weighted by Crippen LogP contribution is -2.58. The van der Waals surface area contributed by atoms with Gasteiger partial charge in [0, 0.05) is 18.8 Å². The molecule has 3 heteroatoms. The lowest BCUT2D eigenvalue weighted by Gasteiger charge is -2.62. The quantitative estimate of drug-likeness (QED) is 0.664. The van der Waals surface area contributed by atoms with Crippen molar-refractivity contribution >= 4 is 5.78 Å². The number of ketones is 1. The fourth-order valence-corrected chi connectivity index (χ4v) is 8.66. The molecular formula is C26H39NO2. The summed E-state index contributed by atoms with van der Waals surface area (Å²) in [7, 11) is 0. The van der Waals surface area contributed by atoms with E-state index in [1.54, 1.807) is 0 Å². The number of fused-ring (bicyclic) bond motifs is 5. The van der Waals surface area contributed by atoms with Crippen LogP contribution in [0.15, 0.2) is 11.6 Å². The number of rotatable bonds is 4. The second-order valence-corrected chi connectivity index (χ2v) is 11.2. The van der Waals surface area contributed by atoms with Crippen molar-refractivity contribution in [3.8, 4) is 6.07 Å². The maximum atomic E-state index is 12.2. The van der Waals surface area contributed by atoms with E-state index < -0.39 is 0 Å². The molecule has 4 aliphatic rings. The Bertz CT molecular complexity index is 735. The molecule has 3 nitrogen and oxygen atoms in total. The Kier molecular flexibility index (Phi) is 5.48. The van der Waals surface area contributed by atoms with Gasteiger partial charge < -0.3 is 5.11 Å². The van der Waals surface area contributed by atoms with Gasteiger partial charge in [-0.05, 0) is 91.4 Å². The molecule has 3 fully saturated rings. The smallest absolute Gasteiger partial charge is 0.155 e. The highest BCUT2D eigenvalue weighted by molar-refractivity contribution is 5.91. The van der Waals surface area contributed by atoms with Crippen molar-refractivity contribution in [1.29, 1.82) is 5.26 Å². The lowest BCUT2D eigenvalue weighted by atomic mass is 9.43. The molecule has 9 atom stereocenters. The van der Waals surface area contributed by atoms with Gasteiger partial charge in [0.05, 0.1) is 12.2 Å². The zero-order valence-corrected chi connectivity index (χ0v) is 18.8. The van der Waals surface area contributed by atoms with Crippen molar-refractivity contribution in [2.75, 3.05) is 0 Å². The summed E-state index contributed by atoms with van der Waals surface area (Å²) in [6.45, 7) is 9.43. The van der Waals surface area contributed by atoms with E-state index in [2.05, 4.69) is 33.8 Å².